The molecule has 0 aliphatic heterocycles. The number of carbonyl (C=O) groups excluding carboxylic acids is 2. The van der Waals surface area contributed by atoms with Gasteiger partial charge in [0, 0.05) is 29.5 Å². The molecule has 1 N–H and O–H groups in total. The molecule has 0 atom stereocenters. The molecule has 150 valence electrons. The Hall–Kier alpha value is -2.61. The molecule has 29 heavy (non-hydrogen) atoms. The van der Waals surface area contributed by atoms with E-state index >= 15 is 0 Å². The predicted octanol–water partition coefficient (Wildman–Crippen LogP) is 4.26. The summed E-state index contributed by atoms with van der Waals surface area (Å²) in [5.74, 6) is -0.625. The Kier molecular flexibility index (Phi) is 7.09. The first-order valence-electron chi connectivity index (χ1n) is 8.91. The number of halogens is 1. The van der Waals surface area contributed by atoms with Gasteiger partial charge in [-0.2, -0.15) is 0 Å². The number of anilines is 1. The number of ether oxygens (including phenoxy) is 1. The minimum atomic E-state index is -0.347. The summed E-state index contributed by atoms with van der Waals surface area (Å²) in [5.41, 5.74) is 3.87. The van der Waals surface area contributed by atoms with Gasteiger partial charge in [0.15, 0.2) is 5.78 Å². The highest BCUT2D eigenvalue weighted by Gasteiger charge is 2.16. The molecule has 2 aromatic carbocycles. The van der Waals surface area contributed by atoms with Gasteiger partial charge in [0.2, 0.25) is 5.91 Å². The third-order valence-corrected chi connectivity index (χ3v) is 5.48. The number of Topliss-reactive ketones (excluding diaryl/α,β-unsaturated/α-hetero) is 1. The minimum absolute atomic E-state index is 0.108. The Balaban J connectivity index is 1.79. The van der Waals surface area contributed by atoms with Crippen molar-refractivity contribution in [3.8, 4) is 10.6 Å². The summed E-state index contributed by atoms with van der Waals surface area (Å²) in [4.78, 5) is 24.5. The van der Waals surface area contributed by atoms with Crippen LogP contribution in [0.5, 0.6) is 0 Å². The van der Waals surface area contributed by atoms with E-state index in [1.807, 2.05) is 31.2 Å². The Morgan fingerprint density at radius 3 is 2.69 bits per heavy atom. The zero-order valence-electron chi connectivity index (χ0n) is 16.1. The van der Waals surface area contributed by atoms with Gasteiger partial charge in [0.25, 0.3) is 0 Å². The van der Waals surface area contributed by atoms with E-state index in [2.05, 4.69) is 15.5 Å². The topological polar surface area (TPSA) is 81.2 Å². The molecule has 0 unspecified atom stereocenters. The molecule has 3 aromatic rings. The average molecular weight is 430 g/mol. The highest BCUT2D eigenvalue weighted by Crippen LogP contribution is 2.27. The van der Waals surface area contributed by atoms with Crippen LogP contribution in [0.2, 0.25) is 0 Å². The predicted molar refractivity (Wildman–Crippen MR) is 115 cm³/mol. The lowest BCUT2D eigenvalue weighted by Gasteiger charge is -2.11. The lowest BCUT2D eigenvalue weighted by atomic mass is 10.0. The van der Waals surface area contributed by atoms with Crippen molar-refractivity contribution in [2.24, 2.45) is 0 Å². The fourth-order valence-corrected chi connectivity index (χ4v) is 3.81. The Morgan fingerprint density at radius 2 is 1.97 bits per heavy atom. The van der Waals surface area contributed by atoms with Gasteiger partial charge in [-0.1, -0.05) is 47.7 Å². The van der Waals surface area contributed by atoms with Gasteiger partial charge >= 0.3 is 0 Å². The van der Waals surface area contributed by atoms with Crippen molar-refractivity contribution in [2.45, 2.75) is 20.0 Å². The number of aromatic nitrogens is 2. The van der Waals surface area contributed by atoms with E-state index < -0.39 is 0 Å². The smallest absolute Gasteiger partial charge is 0.239 e. The van der Waals surface area contributed by atoms with Crippen LogP contribution in [-0.2, 0) is 22.6 Å². The first-order valence-corrected chi connectivity index (χ1v) is 10.3. The third-order valence-electron chi connectivity index (χ3n) is 4.28. The van der Waals surface area contributed by atoms with Crippen LogP contribution in [0, 0.1) is 6.92 Å². The van der Waals surface area contributed by atoms with E-state index in [1.54, 1.807) is 25.3 Å². The standard InChI is InChI=1S/C21H20ClN3O3S/c1-13-5-3-4-6-16(13)21-25-24-20(29-21)10-18(26)14-7-8-15(12-28-2)17(9-14)23-19(27)11-22/h3-9H,10-12H2,1-2H3,(H,23,27). The molecule has 0 saturated carbocycles. The van der Waals surface area contributed by atoms with Gasteiger partial charge in [-0.05, 0) is 18.6 Å². The zero-order valence-corrected chi connectivity index (χ0v) is 17.6. The SMILES string of the molecule is COCc1ccc(C(=O)Cc2nnc(-c3ccccc3C)s2)cc1NC(=O)CCl. The maximum absolute atomic E-state index is 12.8. The second-order valence-corrected chi connectivity index (χ2v) is 7.73. The van der Waals surface area contributed by atoms with Crippen LogP contribution in [0.3, 0.4) is 0 Å². The summed E-state index contributed by atoms with van der Waals surface area (Å²) in [6.07, 6.45) is 0.135. The van der Waals surface area contributed by atoms with E-state index in [-0.39, 0.29) is 24.0 Å². The van der Waals surface area contributed by atoms with Crippen molar-refractivity contribution >= 4 is 40.3 Å². The van der Waals surface area contributed by atoms with Crippen LogP contribution in [-0.4, -0.2) is 34.9 Å². The molecule has 8 heteroatoms. The van der Waals surface area contributed by atoms with Gasteiger partial charge in [-0.3, -0.25) is 9.59 Å². The van der Waals surface area contributed by atoms with Crippen LogP contribution in [0.25, 0.3) is 10.6 Å². The van der Waals surface area contributed by atoms with Crippen LogP contribution in [0.4, 0.5) is 5.69 Å². The summed E-state index contributed by atoms with van der Waals surface area (Å²) in [6.45, 7) is 2.32. The summed E-state index contributed by atoms with van der Waals surface area (Å²) < 4.78 is 5.15. The van der Waals surface area contributed by atoms with Crippen LogP contribution >= 0.6 is 22.9 Å². The molecule has 1 heterocycles. The maximum Gasteiger partial charge on any atom is 0.239 e. The molecular weight excluding hydrogens is 410 g/mol. The first kappa shape index (κ1) is 21.1. The van der Waals surface area contributed by atoms with E-state index in [0.717, 1.165) is 21.7 Å². The number of hydrogen-bond acceptors (Lipinski definition) is 6. The van der Waals surface area contributed by atoms with Crippen molar-refractivity contribution in [3.05, 3.63) is 64.2 Å². The third kappa shape index (κ3) is 5.26. The van der Waals surface area contributed by atoms with Gasteiger partial charge in [0.05, 0.1) is 13.0 Å². The van der Waals surface area contributed by atoms with Gasteiger partial charge in [0.1, 0.15) is 15.9 Å². The first-order chi connectivity index (χ1) is 14.0. The van der Waals surface area contributed by atoms with Gasteiger partial charge in [-0.25, -0.2) is 0 Å². The van der Waals surface area contributed by atoms with Crippen molar-refractivity contribution < 1.29 is 14.3 Å². The molecule has 0 fully saturated rings. The van der Waals surface area contributed by atoms with Crippen LogP contribution in [0.1, 0.15) is 26.5 Å². The minimum Gasteiger partial charge on any atom is -0.380 e. The normalized spacial score (nSPS) is 10.7. The zero-order chi connectivity index (χ0) is 20.8. The molecule has 6 nitrogen and oxygen atoms in total. The number of carbonyl (C=O) groups is 2. The maximum atomic E-state index is 12.8. The molecule has 1 aromatic heterocycles. The number of nitrogens with one attached hydrogen (secondary N) is 1. The van der Waals surface area contributed by atoms with Crippen molar-refractivity contribution in [1.82, 2.24) is 10.2 Å². The summed E-state index contributed by atoms with van der Waals surface area (Å²) in [7, 11) is 1.56. The van der Waals surface area contributed by atoms with Gasteiger partial charge < -0.3 is 10.1 Å². The molecular formula is C21H20ClN3O3S. The number of aryl methyl sites for hydroxylation is 1. The molecule has 0 radical (unpaired) electrons. The molecule has 0 aliphatic rings. The highest BCUT2D eigenvalue weighted by atomic mass is 35.5. The molecule has 0 saturated heterocycles. The lowest BCUT2D eigenvalue weighted by molar-refractivity contribution is -0.113. The van der Waals surface area contributed by atoms with E-state index in [0.29, 0.717) is 22.9 Å². The second kappa shape index (κ2) is 9.73. The monoisotopic (exact) mass is 429 g/mol. The van der Waals surface area contributed by atoms with Crippen molar-refractivity contribution in [3.63, 3.8) is 0 Å². The van der Waals surface area contributed by atoms with Crippen LogP contribution < -0.4 is 5.32 Å². The summed E-state index contributed by atoms with van der Waals surface area (Å²) in [5, 5.41) is 12.5. The Morgan fingerprint density at radius 1 is 1.17 bits per heavy atom. The molecule has 1 amide bonds. The van der Waals surface area contributed by atoms with Gasteiger partial charge in [-0.15, -0.1) is 21.8 Å². The fraction of sp³-hybridized carbons (Fsp3) is 0.238. The number of hydrogen-bond donors (Lipinski definition) is 1. The Bertz CT molecular complexity index is 1040. The highest BCUT2D eigenvalue weighted by molar-refractivity contribution is 7.14. The number of alkyl halides is 1. The molecule has 0 bridgehead atoms. The largest absolute Gasteiger partial charge is 0.380 e. The Labute approximate surface area is 177 Å². The molecule has 3 rings (SSSR count). The van der Waals surface area contributed by atoms with Crippen molar-refractivity contribution in [1.29, 1.82) is 0 Å². The average Bonchev–Trinajstić information content (AvgIpc) is 3.17. The number of amides is 1. The number of rotatable bonds is 8. The summed E-state index contributed by atoms with van der Waals surface area (Å²) in [6, 6.07) is 13.0. The van der Waals surface area contributed by atoms with E-state index in [9.17, 15) is 9.59 Å². The van der Waals surface area contributed by atoms with Crippen molar-refractivity contribution in [2.75, 3.05) is 18.3 Å². The molecule has 0 spiro atoms. The van der Waals surface area contributed by atoms with Crippen LogP contribution in [0.15, 0.2) is 42.5 Å². The lowest BCUT2D eigenvalue weighted by Crippen LogP contribution is -2.15. The second-order valence-electron chi connectivity index (χ2n) is 6.40. The summed E-state index contributed by atoms with van der Waals surface area (Å²) >= 11 is 6.98. The fourth-order valence-electron chi connectivity index (χ4n) is 2.82. The number of nitrogens with zero attached hydrogens (tertiary/aromatic N) is 2. The van der Waals surface area contributed by atoms with E-state index in [1.165, 1.54) is 11.3 Å². The number of benzene rings is 2. The number of methoxy groups -OCH3 is 1. The molecule has 0 aliphatic carbocycles. The quantitative estimate of drug-likeness (QED) is 0.427. The van der Waals surface area contributed by atoms with E-state index in [4.69, 9.17) is 16.3 Å². The number of ketones is 1.